The van der Waals surface area contributed by atoms with Gasteiger partial charge < -0.3 is 4.74 Å². The molecule has 0 heterocycles. The number of hydrogen-bond donors (Lipinski definition) is 0. The molecule has 0 aromatic heterocycles. The average molecular weight is 342 g/mol. The van der Waals surface area contributed by atoms with E-state index in [0.717, 1.165) is 12.1 Å². The Balaban J connectivity index is 3.13. The monoisotopic (exact) mass is 341 g/mol. The highest BCUT2D eigenvalue weighted by Crippen LogP contribution is 2.35. The van der Waals surface area contributed by atoms with Crippen LogP contribution in [0.1, 0.15) is 11.1 Å². The molecule has 0 aliphatic rings. The molecule has 0 spiro atoms. The zero-order valence-electron chi connectivity index (χ0n) is 9.91. The molecule has 8 heteroatoms. The van der Waals surface area contributed by atoms with Crippen LogP contribution in [-0.4, -0.2) is 23.5 Å². The fourth-order valence-electron chi connectivity index (χ4n) is 1.60. The van der Waals surface area contributed by atoms with E-state index in [1.165, 1.54) is 7.11 Å². The van der Waals surface area contributed by atoms with Gasteiger partial charge >= 0.3 is 6.18 Å². The summed E-state index contributed by atoms with van der Waals surface area (Å²) >= 11 is 3.20. The number of benzene rings is 1. The van der Waals surface area contributed by atoms with Crippen molar-refractivity contribution in [3.8, 4) is 0 Å². The largest absolute Gasteiger partial charge is 0.416 e. The van der Waals surface area contributed by atoms with Crippen LogP contribution in [0.4, 0.5) is 18.9 Å². The lowest BCUT2D eigenvalue weighted by atomic mass is 10.0. The smallest absolute Gasteiger partial charge is 0.384 e. The summed E-state index contributed by atoms with van der Waals surface area (Å²) in [6.45, 7) is 0.244. The van der Waals surface area contributed by atoms with E-state index in [4.69, 9.17) is 4.74 Å². The van der Waals surface area contributed by atoms with Crippen LogP contribution in [0.15, 0.2) is 18.2 Å². The van der Waals surface area contributed by atoms with Crippen molar-refractivity contribution in [1.82, 2.24) is 0 Å². The Kier molecular flexibility index (Phi) is 5.30. The molecule has 0 aliphatic heterocycles. The maximum atomic E-state index is 12.9. The number of alkyl halides is 4. The quantitative estimate of drug-likeness (QED) is 0.467. The van der Waals surface area contributed by atoms with Crippen LogP contribution in [0.2, 0.25) is 0 Å². The average Bonchev–Trinajstić information content (AvgIpc) is 2.27. The lowest BCUT2D eigenvalue weighted by Gasteiger charge is -2.15. The molecular formula is C11H11BrF3NO3. The van der Waals surface area contributed by atoms with Crippen LogP contribution < -0.4 is 0 Å². The Morgan fingerprint density at radius 2 is 2.11 bits per heavy atom. The molecule has 1 unspecified atom stereocenters. The van der Waals surface area contributed by atoms with Crippen molar-refractivity contribution in [2.75, 3.05) is 13.7 Å². The maximum absolute atomic E-state index is 12.9. The van der Waals surface area contributed by atoms with Gasteiger partial charge in [-0.25, -0.2) is 0 Å². The molecule has 1 rings (SSSR count). The SMILES string of the molecule is COCC(Br)Cc1ccc([N+](=O)[O-])cc1C(F)(F)F. The highest BCUT2D eigenvalue weighted by atomic mass is 79.9. The highest BCUT2D eigenvalue weighted by Gasteiger charge is 2.35. The first-order valence-corrected chi connectivity index (χ1v) is 6.14. The molecule has 19 heavy (non-hydrogen) atoms. The maximum Gasteiger partial charge on any atom is 0.416 e. The van der Waals surface area contributed by atoms with Crippen LogP contribution in [0.25, 0.3) is 0 Å². The normalized spacial score (nSPS) is 13.3. The summed E-state index contributed by atoms with van der Waals surface area (Å²) in [7, 11) is 1.44. The summed E-state index contributed by atoms with van der Waals surface area (Å²) in [5, 5.41) is 10.5. The Labute approximate surface area is 115 Å². The van der Waals surface area contributed by atoms with Crippen molar-refractivity contribution in [2.24, 2.45) is 0 Å². The van der Waals surface area contributed by atoms with Gasteiger partial charge in [0.05, 0.1) is 17.1 Å². The molecule has 1 atom stereocenters. The van der Waals surface area contributed by atoms with E-state index < -0.39 is 22.4 Å². The highest BCUT2D eigenvalue weighted by molar-refractivity contribution is 9.09. The van der Waals surface area contributed by atoms with Gasteiger partial charge in [0.25, 0.3) is 5.69 Å². The standard InChI is InChI=1S/C11H11BrF3NO3/c1-19-6-8(12)4-7-2-3-9(16(17)18)5-10(7)11(13,14)15/h2-3,5,8H,4,6H2,1H3. The van der Waals surface area contributed by atoms with Gasteiger partial charge in [-0.2, -0.15) is 13.2 Å². The van der Waals surface area contributed by atoms with E-state index >= 15 is 0 Å². The molecule has 0 saturated heterocycles. The molecule has 1 aromatic rings. The van der Waals surface area contributed by atoms with Crippen molar-refractivity contribution in [3.05, 3.63) is 39.4 Å². The van der Waals surface area contributed by atoms with Crippen LogP contribution in [-0.2, 0) is 17.3 Å². The van der Waals surface area contributed by atoms with Crippen molar-refractivity contribution in [2.45, 2.75) is 17.4 Å². The molecule has 0 N–H and O–H groups in total. The van der Waals surface area contributed by atoms with E-state index in [0.29, 0.717) is 6.07 Å². The molecule has 106 valence electrons. The summed E-state index contributed by atoms with van der Waals surface area (Å²) in [6, 6.07) is 2.75. The van der Waals surface area contributed by atoms with Gasteiger partial charge in [0, 0.05) is 24.1 Å². The third-order valence-electron chi connectivity index (χ3n) is 2.40. The molecule has 0 saturated carbocycles. The van der Waals surface area contributed by atoms with Crippen molar-refractivity contribution < 1.29 is 22.8 Å². The summed E-state index contributed by atoms with van der Waals surface area (Å²) in [6.07, 6.45) is -4.55. The van der Waals surface area contributed by atoms with Crippen LogP contribution >= 0.6 is 15.9 Å². The number of nitro benzene ring substituents is 1. The Bertz CT molecular complexity index is 465. The fraction of sp³-hybridized carbons (Fsp3) is 0.455. The van der Waals surface area contributed by atoms with Crippen LogP contribution in [0.3, 0.4) is 0 Å². The Hall–Kier alpha value is -1.15. The third-order valence-corrected chi connectivity index (χ3v) is 2.99. The molecule has 4 nitrogen and oxygen atoms in total. The first-order valence-electron chi connectivity index (χ1n) is 5.23. The molecule has 0 amide bonds. The first kappa shape index (κ1) is 15.9. The summed E-state index contributed by atoms with van der Waals surface area (Å²) < 4.78 is 43.4. The van der Waals surface area contributed by atoms with Gasteiger partial charge in [-0.3, -0.25) is 10.1 Å². The first-order chi connectivity index (χ1) is 8.75. The molecular weight excluding hydrogens is 331 g/mol. The second-order valence-electron chi connectivity index (χ2n) is 3.85. The number of non-ortho nitro benzene ring substituents is 1. The second-order valence-corrected chi connectivity index (χ2v) is 5.15. The van der Waals surface area contributed by atoms with Gasteiger partial charge in [-0.1, -0.05) is 22.0 Å². The zero-order valence-corrected chi connectivity index (χ0v) is 11.5. The predicted octanol–water partition coefficient (Wildman–Crippen LogP) is 3.57. The Morgan fingerprint density at radius 1 is 1.47 bits per heavy atom. The molecule has 0 fully saturated rings. The third kappa shape index (κ3) is 4.46. The second kappa shape index (κ2) is 6.33. The minimum atomic E-state index is -4.62. The lowest BCUT2D eigenvalue weighted by molar-refractivity contribution is -0.385. The number of ether oxygens (including phenoxy) is 1. The van der Waals surface area contributed by atoms with Crippen molar-refractivity contribution in [3.63, 3.8) is 0 Å². The van der Waals surface area contributed by atoms with Gasteiger partial charge in [0.1, 0.15) is 0 Å². The number of methoxy groups -OCH3 is 1. The lowest BCUT2D eigenvalue weighted by Crippen LogP contribution is -2.15. The number of nitrogens with zero attached hydrogens (tertiary/aromatic N) is 1. The summed E-state index contributed by atoms with van der Waals surface area (Å²) in [4.78, 5) is 9.39. The van der Waals surface area contributed by atoms with Crippen LogP contribution in [0.5, 0.6) is 0 Å². The van der Waals surface area contributed by atoms with Crippen molar-refractivity contribution in [1.29, 1.82) is 0 Å². The molecule has 0 bridgehead atoms. The van der Waals surface area contributed by atoms with Gasteiger partial charge in [0.15, 0.2) is 0 Å². The number of hydrogen-bond acceptors (Lipinski definition) is 3. The topological polar surface area (TPSA) is 52.4 Å². The molecule has 0 radical (unpaired) electrons. The molecule has 0 aliphatic carbocycles. The minimum Gasteiger partial charge on any atom is -0.384 e. The van der Waals surface area contributed by atoms with Crippen LogP contribution in [0, 0.1) is 10.1 Å². The minimum absolute atomic E-state index is 0.00275. The summed E-state index contributed by atoms with van der Waals surface area (Å²) in [5.41, 5.74) is -1.56. The fourth-order valence-corrected chi connectivity index (χ4v) is 2.21. The van der Waals surface area contributed by atoms with E-state index in [9.17, 15) is 23.3 Å². The van der Waals surface area contributed by atoms with Gasteiger partial charge in [-0.15, -0.1) is 0 Å². The predicted molar refractivity (Wildman–Crippen MR) is 66.4 cm³/mol. The van der Waals surface area contributed by atoms with E-state index in [2.05, 4.69) is 15.9 Å². The van der Waals surface area contributed by atoms with Gasteiger partial charge in [0.2, 0.25) is 0 Å². The Morgan fingerprint density at radius 3 is 2.58 bits per heavy atom. The van der Waals surface area contributed by atoms with Crippen molar-refractivity contribution >= 4 is 21.6 Å². The zero-order chi connectivity index (χ0) is 14.6. The van der Waals surface area contributed by atoms with E-state index in [-0.39, 0.29) is 23.4 Å². The molecule has 1 aromatic carbocycles. The van der Waals surface area contributed by atoms with Gasteiger partial charge in [-0.05, 0) is 12.0 Å². The number of nitro groups is 1. The van der Waals surface area contributed by atoms with E-state index in [1.54, 1.807) is 0 Å². The summed E-state index contributed by atoms with van der Waals surface area (Å²) in [5.74, 6) is 0. The van der Waals surface area contributed by atoms with E-state index in [1.807, 2.05) is 0 Å². The number of rotatable bonds is 5. The number of halogens is 4.